The zero-order valence-electron chi connectivity index (χ0n) is 12.2. The fraction of sp³-hybridized carbons (Fsp3) is 0.643. The van der Waals surface area contributed by atoms with Gasteiger partial charge in [-0.2, -0.15) is 13.2 Å². The van der Waals surface area contributed by atoms with E-state index in [4.69, 9.17) is 21.4 Å². The summed E-state index contributed by atoms with van der Waals surface area (Å²) in [5.41, 5.74) is -0.359. The van der Waals surface area contributed by atoms with Crippen LogP contribution in [-0.2, 0) is 22.9 Å². The molecule has 1 saturated heterocycles. The van der Waals surface area contributed by atoms with Crippen molar-refractivity contribution < 1.29 is 27.8 Å². The van der Waals surface area contributed by atoms with Gasteiger partial charge in [0.05, 0.1) is 11.6 Å². The molecule has 2 atom stereocenters. The minimum absolute atomic E-state index is 0.228. The van der Waals surface area contributed by atoms with Gasteiger partial charge in [-0.1, -0.05) is 11.6 Å². The highest BCUT2D eigenvalue weighted by Gasteiger charge is 2.49. The standard InChI is InChI=1S/C14H15ClF3NO3S/c1-7-6-13(3-4-19(7)12(20)21)10-8(2-5-22-13)9(15)11(23-10)14(16,17)18/h7H,2-6H2,1H3,(H,20,21)/t7-,13+/m0/s1. The van der Waals surface area contributed by atoms with Gasteiger partial charge in [-0.3, -0.25) is 0 Å². The van der Waals surface area contributed by atoms with E-state index in [1.807, 2.05) is 0 Å². The molecule has 23 heavy (non-hydrogen) atoms. The molecule has 0 radical (unpaired) electrons. The quantitative estimate of drug-likeness (QED) is 0.739. The van der Waals surface area contributed by atoms with Crippen molar-refractivity contribution in [1.29, 1.82) is 0 Å². The normalized spacial score (nSPS) is 28.0. The number of hydrogen-bond acceptors (Lipinski definition) is 3. The molecular formula is C14H15ClF3NO3S. The predicted molar refractivity (Wildman–Crippen MR) is 79.1 cm³/mol. The van der Waals surface area contributed by atoms with Crippen molar-refractivity contribution in [3.8, 4) is 0 Å². The van der Waals surface area contributed by atoms with Gasteiger partial charge in [0.1, 0.15) is 10.5 Å². The number of thiophene rings is 1. The van der Waals surface area contributed by atoms with Crippen LogP contribution in [0.1, 0.15) is 35.1 Å². The molecule has 0 bridgehead atoms. The highest BCUT2D eigenvalue weighted by Crippen LogP contribution is 2.53. The number of amides is 1. The Hall–Kier alpha value is -0.990. The third-order valence-electron chi connectivity index (χ3n) is 4.50. The van der Waals surface area contributed by atoms with Crippen molar-refractivity contribution in [2.45, 2.75) is 44.0 Å². The van der Waals surface area contributed by atoms with Crippen LogP contribution in [0.4, 0.5) is 18.0 Å². The number of likely N-dealkylation sites (tertiary alicyclic amines) is 1. The number of fused-ring (bicyclic) bond motifs is 2. The van der Waals surface area contributed by atoms with Crippen LogP contribution in [0.25, 0.3) is 0 Å². The molecule has 1 aromatic rings. The SMILES string of the molecule is C[C@H]1C[C@@]2(CCN1C(=O)O)OCCc1c2sc(C(F)(F)F)c1Cl. The summed E-state index contributed by atoms with van der Waals surface area (Å²) in [4.78, 5) is 12.2. The second-order valence-electron chi connectivity index (χ2n) is 5.92. The van der Waals surface area contributed by atoms with E-state index in [1.54, 1.807) is 6.92 Å². The largest absolute Gasteiger partial charge is 0.465 e. The highest BCUT2D eigenvalue weighted by molar-refractivity contribution is 7.13. The summed E-state index contributed by atoms with van der Waals surface area (Å²) >= 11 is 6.61. The molecule has 3 heterocycles. The first kappa shape index (κ1) is 16.9. The summed E-state index contributed by atoms with van der Waals surface area (Å²) in [7, 11) is 0. The van der Waals surface area contributed by atoms with E-state index in [2.05, 4.69) is 0 Å². The number of hydrogen-bond donors (Lipinski definition) is 1. The number of piperidine rings is 1. The molecular weight excluding hydrogens is 355 g/mol. The molecule has 1 amide bonds. The molecule has 1 N–H and O–H groups in total. The average Bonchev–Trinajstić information content (AvgIpc) is 2.78. The van der Waals surface area contributed by atoms with Crippen LogP contribution >= 0.6 is 22.9 Å². The maximum Gasteiger partial charge on any atom is 0.427 e. The lowest BCUT2D eigenvalue weighted by atomic mass is 9.82. The lowest BCUT2D eigenvalue weighted by Crippen LogP contribution is -2.51. The van der Waals surface area contributed by atoms with Gasteiger partial charge in [-0.25, -0.2) is 4.79 Å². The fourth-order valence-corrected chi connectivity index (χ4v) is 5.22. The Morgan fingerprint density at radius 3 is 2.78 bits per heavy atom. The van der Waals surface area contributed by atoms with Gasteiger partial charge in [0.25, 0.3) is 0 Å². The Bertz CT molecular complexity index is 648. The van der Waals surface area contributed by atoms with Crippen LogP contribution < -0.4 is 0 Å². The second-order valence-corrected chi connectivity index (χ2v) is 7.32. The van der Waals surface area contributed by atoms with E-state index in [0.29, 0.717) is 47.6 Å². The van der Waals surface area contributed by atoms with Crippen molar-refractivity contribution in [3.05, 3.63) is 20.3 Å². The van der Waals surface area contributed by atoms with Crippen molar-refractivity contribution in [3.63, 3.8) is 0 Å². The molecule has 128 valence electrons. The van der Waals surface area contributed by atoms with Gasteiger partial charge in [-0.05, 0) is 25.3 Å². The Kier molecular flexibility index (Phi) is 4.05. The number of carboxylic acid groups (broad SMARTS) is 1. The van der Waals surface area contributed by atoms with E-state index >= 15 is 0 Å². The van der Waals surface area contributed by atoms with Gasteiger partial charge in [0.15, 0.2) is 0 Å². The maximum atomic E-state index is 13.1. The first-order valence-electron chi connectivity index (χ1n) is 7.18. The van der Waals surface area contributed by atoms with Crippen molar-refractivity contribution in [1.82, 2.24) is 4.90 Å². The first-order chi connectivity index (χ1) is 10.7. The zero-order chi connectivity index (χ0) is 17.0. The molecule has 9 heteroatoms. The van der Waals surface area contributed by atoms with Crippen LogP contribution in [0.2, 0.25) is 5.02 Å². The molecule has 4 nitrogen and oxygen atoms in total. The topological polar surface area (TPSA) is 49.8 Å². The van der Waals surface area contributed by atoms with Gasteiger partial charge in [-0.15, -0.1) is 11.3 Å². The summed E-state index contributed by atoms with van der Waals surface area (Å²) < 4.78 is 45.3. The number of carbonyl (C=O) groups is 1. The molecule has 1 aromatic heterocycles. The molecule has 0 saturated carbocycles. The summed E-state index contributed by atoms with van der Waals surface area (Å²) in [6, 6.07) is -0.331. The van der Waals surface area contributed by atoms with Crippen LogP contribution in [0.5, 0.6) is 0 Å². The van der Waals surface area contributed by atoms with Crippen LogP contribution in [0, 0.1) is 0 Å². The lowest BCUT2D eigenvalue weighted by Gasteiger charge is -2.46. The van der Waals surface area contributed by atoms with Crippen molar-refractivity contribution in [2.24, 2.45) is 0 Å². The number of rotatable bonds is 0. The molecule has 0 aliphatic carbocycles. The fourth-order valence-electron chi connectivity index (χ4n) is 3.47. The maximum absolute atomic E-state index is 13.1. The van der Waals surface area contributed by atoms with Crippen LogP contribution in [-0.4, -0.2) is 35.3 Å². The van der Waals surface area contributed by atoms with Crippen molar-refractivity contribution >= 4 is 29.0 Å². The number of alkyl halides is 3. The summed E-state index contributed by atoms with van der Waals surface area (Å²) in [5, 5.41) is 8.94. The molecule has 1 fully saturated rings. The number of halogens is 4. The van der Waals surface area contributed by atoms with Gasteiger partial charge in [0, 0.05) is 23.9 Å². The van der Waals surface area contributed by atoms with Crippen molar-refractivity contribution in [2.75, 3.05) is 13.2 Å². The molecule has 0 unspecified atom stereocenters. The Morgan fingerprint density at radius 2 is 2.22 bits per heavy atom. The summed E-state index contributed by atoms with van der Waals surface area (Å²) in [6.45, 7) is 2.26. The highest BCUT2D eigenvalue weighted by atomic mass is 35.5. The van der Waals surface area contributed by atoms with Crippen LogP contribution in [0.15, 0.2) is 0 Å². The lowest BCUT2D eigenvalue weighted by molar-refractivity contribution is -0.134. The Morgan fingerprint density at radius 1 is 1.52 bits per heavy atom. The average molecular weight is 370 g/mol. The van der Waals surface area contributed by atoms with E-state index in [9.17, 15) is 18.0 Å². The van der Waals surface area contributed by atoms with Gasteiger partial charge < -0.3 is 14.7 Å². The van der Waals surface area contributed by atoms with Gasteiger partial charge >= 0.3 is 12.3 Å². The smallest absolute Gasteiger partial charge is 0.427 e. The Balaban J connectivity index is 2.01. The first-order valence-corrected chi connectivity index (χ1v) is 8.37. The monoisotopic (exact) mass is 369 g/mol. The van der Waals surface area contributed by atoms with E-state index in [1.165, 1.54) is 4.90 Å². The Labute approximate surface area is 139 Å². The molecule has 2 aliphatic heterocycles. The molecule has 1 spiro atoms. The third kappa shape index (κ3) is 2.70. The molecule has 2 aliphatic rings. The molecule has 0 aromatic carbocycles. The molecule has 3 rings (SSSR count). The van der Waals surface area contributed by atoms with E-state index in [-0.39, 0.29) is 17.6 Å². The number of ether oxygens (including phenoxy) is 1. The van der Waals surface area contributed by atoms with Gasteiger partial charge in [0.2, 0.25) is 0 Å². The number of nitrogens with zero attached hydrogens (tertiary/aromatic N) is 1. The van der Waals surface area contributed by atoms with Crippen LogP contribution in [0.3, 0.4) is 0 Å². The summed E-state index contributed by atoms with van der Waals surface area (Å²) in [6.07, 6.45) is -4.50. The minimum Gasteiger partial charge on any atom is -0.465 e. The van der Waals surface area contributed by atoms with E-state index in [0.717, 1.165) is 0 Å². The third-order valence-corrected chi connectivity index (χ3v) is 6.50. The second kappa shape index (κ2) is 5.53. The predicted octanol–water partition coefficient (Wildman–Crippen LogP) is 4.35. The minimum atomic E-state index is -4.49. The zero-order valence-corrected chi connectivity index (χ0v) is 13.8. The summed E-state index contributed by atoms with van der Waals surface area (Å²) in [5.74, 6) is 0. The van der Waals surface area contributed by atoms with E-state index < -0.39 is 22.7 Å².